The zero-order chi connectivity index (χ0) is 23.8. The van der Waals surface area contributed by atoms with Crippen molar-refractivity contribution in [3.05, 3.63) is 71.3 Å². The fourth-order valence-electron chi connectivity index (χ4n) is 3.61. The van der Waals surface area contributed by atoms with Crippen LogP contribution in [0, 0.1) is 23.3 Å². The minimum Gasteiger partial charge on any atom is -0.322 e. The predicted octanol–water partition coefficient (Wildman–Crippen LogP) is 5.01. The first-order chi connectivity index (χ1) is 15.8. The highest BCUT2D eigenvalue weighted by Gasteiger charge is 2.18. The first-order valence-electron chi connectivity index (χ1n) is 10.7. The van der Waals surface area contributed by atoms with Crippen LogP contribution in [0.5, 0.6) is 0 Å². The monoisotopic (exact) mass is 463 g/mol. The van der Waals surface area contributed by atoms with E-state index in [9.17, 15) is 27.2 Å². The van der Waals surface area contributed by atoms with Gasteiger partial charge in [0.15, 0.2) is 0 Å². The summed E-state index contributed by atoms with van der Waals surface area (Å²) in [5.74, 6) is -4.52. The molecule has 2 N–H and O–H groups in total. The van der Waals surface area contributed by atoms with Crippen molar-refractivity contribution in [2.75, 3.05) is 30.3 Å². The summed E-state index contributed by atoms with van der Waals surface area (Å²) in [5, 5.41) is 4.75. The molecule has 1 aliphatic carbocycles. The molecule has 0 aliphatic heterocycles. The number of benzene rings is 2. The molecule has 33 heavy (non-hydrogen) atoms. The minimum absolute atomic E-state index is 0.172. The Morgan fingerprint density at radius 2 is 1.36 bits per heavy atom. The zero-order valence-corrected chi connectivity index (χ0v) is 18.0. The van der Waals surface area contributed by atoms with Crippen LogP contribution in [0.3, 0.4) is 0 Å². The lowest BCUT2D eigenvalue weighted by Crippen LogP contribution is -2.39. The van der Waals surface area contributed by atoms with Crippen LogP contribution in [-0.4, -0.2) is 36.3 Å². The van der Waals surface area contributed by atoms with Gasteiger partial charge in [0.05, 0.1) is 24.5 Å². The Hall–Kier alpha value is -3.20. The molecule has 0 saturated carbocycles. The van der Waals surface area contributed by atoms with Crippen molar-refractivity contribution in [2.24, 2.45) is 0 Å². The van der Waals surface area contributed by atoms with Crippen molar-refractivity contribution < 1.29 is 27.2 Å². The maximum absolute atomic E-state index is 13.9. The SMILES string of the molecule is O=C(CN(CCC1=CCCCC1)CC(=O)Nc1ccc(F)cc1F)Nc1ccc(F)cc1F. The largest absolute Gasteiger partial charge is 0.322 e. The molecule has 0 bridgehead atoms. The van der Waals surface area contributed by atoms with Crippen molar-refractivity contribution >= 4 is 23.2 Å². The van der Waals surface area contributed by atoms with Crippen LogP contribution in [0.25, 0.3) is 0 Å². The van der Waals surface area contributed by atoms with Gasteiger partial charge in [0, 0.05) is 18.7 Å². The molecule has 9 heteroatoms. The highest BCUT2D eigenvalue weighted by Crippen LogP contribution is 2.21. The van der Waals surface area contributed by atoms with Gasteiger partial charge in [0.2, 0.25) is 11.8 Å². The summed E-state index contributed by atoms with van der Waals surface area (Å²) in [6.45, 7) is -0.0860. The average molecular weight is 463 g/mol. The zero-order valence-electron chi connectivity index (χ0n) is 18.0. The lowest BCUT2D eigenvalue weighted by atomic mass is 9.97. The third kappa shape index (κ3) is 7.71. The lowest BCUT2D eigenvalue weighted by molar-refractivity contribution is -0.120. The number of amides is 2. The average Bonchev–Trinajstić information content (AvgIpc) is 2.77. The third-order valence-corrected chi connectivity index (χ3v) is 5.28. The number of carbonyl (C=O) groups excluding carboxylic acids is 2. The molecule has 0 heterocycles. The van der Waals surface area contributed by atoms with Gasteiger partial charge in [-0.2, -0.15) is 0 Å². The van der Waals surface area contributed by atoms with E-state index < -0.39 is 35.1 Å². The molecule has 0 radical (unpaired) electrons. The number of hydrogen-bond acceptors (Lipinski definition) is 3. The van der Waals surface area contributed by atoms with E-state index in [0.717, 1.165) is 49.9 Å². The van der Waals surface area contributed by atoms with Crippen LogP contribution in [0.15, 0.2) is 48.0 Å². The third-order valence-electron chi connectivity index (χ3n) is 5.28. The topological polar surface area (TPSA) is 61.4 Å². The number of nitrogens with one attached hydrogen (secondary N) is 2. The molecule has 2 aromatic carbocycles. The fraction of sp³-hybridized carbons (Fsp3) is 0.333. The van der Waals surface area contributed by atoms with Crippen LogP contribution >= 0.6 is 0 Å². The number of rotatable bonds is 9. The molecule has 2 amide bonds. The molecule has 0 spiro atoms. The van der Waals surface area contributed by atoms with E-state index in [1.807, 2.05) is 0 Å². The lowest BCUT2D eigenvalue weighted by Gasteiger charge is -2.23. The summed E-state index contributed by atoms with van der Waals surface area (Å²) >= 11 is 0. The fourth-order valence-corrected chi connectivity index (χ4v) is 3.61. The van der Waals surface area contributed by atoms with E-state index >= 15 is 0 Å². The molecule has 0 atom stereocenters. The van der Waals surface area contributed by atoms with E-state index in [-0.39, 0.29) is 24.5 Å². The van der Waals surface area contributed by atoms with Crippen LogP contribution in [0.2, 0.25) is 0 Å². The van der Waals surface area contributed by atoms with Crippen molar-refractivity contribution in [1.82, 2.24) is 4.90 Å². The van der Waals surface area contributed by atoms with Gasteiger partial charge in [0.25, 0.3) is 0 Å². The summed E-state index contributed by atoms with van der Waals surface area (Å²) < 4.78 is 53.9. The minimum atomic E-state index is -0.910. The number of halogens is 4. The molecule has 176 valence electrons. The first-order valence-corrected chi connectivity index (χ1v) is 10.7. The Balaban J connectivity index is 1.64. The van der Waals surface area contributed by atoms with Crippen LogP contribution in [0.4, 0.5) is 28.9 Å². The van der Waals surface area contributed by atoms with E-state index in [0.29, 0.717) is 25.1 Å². The van der Waals surface area contributed by atoms with Gasteiger partial charge >= 0.3 is 0 Å². The number of hydrogen-bond donors (Lipinski definition) is 2. The smallest absolute Gasteiger partial charge is 0.238 e. The normalized spacial score (nSPS) is 13.5. The molecular formula is C24H25F4N3O2. The van der Waals surface area contributed by atoms with Gasteiger partial charge in [-0.3, -0.25) is 14.5 Å². The maximum Gasteiger partial charge on any atom is 0.238 e. The molecule has 0 fully saturated rings. The van der Waals surface area contributed by atoms with Crippen molar-refractivity contribution in [3.8, 4) is 0 Å². The molecule has 2 aromatic rings. The van der Waals surface area contributed by atoms with E-state index in [1.54, 1.807) is 4.90 Å². The summed E-state index contributed by atoms with van der Waals surface area (Å²) in [7, 11) is 0. The predicted molar refractivity (Wildman–Crippen MR) is 118 cm³/mol. The van der Waals surface area contributed by atoms with Gasteiger partial charge in [-0.1, -0.05) is 11.6 Å². The molecule has 0 aromatic heterocycles. The number of nitrogens with zero attached hydrogens (tertiary/aromatic N) is 1. The van der Waals surface area contributed by atoms with Crippen LogP contribution < -0.4 is 10.6 Å². The highest BCUT2D eigenvalue weighted by atomic mass is 19.1. The van der Waals surface area contributed by atoms with Crippen molar-refractivity contribution in [3.63, 3.8) is 0 Å². The summed E-state index contributed by atoms with van der Waals surface area (Å²) in [4.78, 5) is 26.5. The van der Waals surface area contributed by atoms with E-state index in [4.69, 9.17) is 0 Å². The summed E-state index contributed by atoms with van der Waals surface area (Å²) in [6, 6.07) is 5.60. The maximum atomic E-state index is 13.9. The Morgan fingerprint density at radius 3 is 1.82 bits per heavy atom. The Labute approximate surface area is 189 Å². The molecule has 5 nitrogen and oxygen atoms in total. The number of anilines is 2. The molecule has 0 saturated heterocycles. The number of carbonyl (C=O) groups is 2. The molecule has 1 aliphatic rings. The quantitative estimate of drug-likeness (QED) is 0.406. The van der Waals surface area contributed by atoms with Gasteiger partial charge in [-0.05, 0) is 56.4 Å². The van der Waals surface area contributed by atoms with Crippen LogP contribution in [-0.2, 0) is 9.59 Å². The van der Waals surface area contributed by atoms with Gasteiger partial charge in [0.1, 0.15) is 23.3 Å². The second-order valence-electron chi connectivity index (χ2n) is 7.91. The Kier molecular flexibility index (Phi) is 8.59. The standard InChI is InChI=1S/C24H25F4N3O2/c25-17-6-8-21(19(27)12-17)29-23(32)14-31(11-10-16-4-2-1-3-5-16)15-24(33)30-22-9-7-18(26)13-20(22)28/h4,6-9,12-13H,1-3,5,10-11,14-15H2,(H,29,32)(H,30,33). The van der Waals surface area contributed by atoms with Gasteiger partial charge in [-0.25, -0.2) is 17.6 Å². The van der Waals surface area contributed by atoms with Crippen molar-refractivity contribution in [1.29, 1.82) is 0 Å². The van der Waals surface area contributed by atoms with Gasteiger partial charge < -0.3 is 10.6 Å². The van der Waals surface area contributed by atoms with E-state index in [1.165, 1.54) is 5.57 Å². The molecular weight excluding hydrogens is 438 g/mol. The molecule has 0 unspecified atom stereocenters. The van der Waals surface area contributed by atoms with Crippen LogP contribution in [0.1, 0.15) is 32.1 Å². The second kappa shape index (κ2) is 11.6. The Bertz CT molecular complexity index is 975. The Morgan fingerprint density at radius 1 is 0.818 bits per heavy atom. The number of allylic oxidation sites excluding steroid dienone is 1. The molecule has 3 rings (SSSR count). The van der Waals surface area contributed by atoms with E-state index in [2.05, 4.69) is 16.7 Å². The second-order valence-corrected chi connectivity index (χ2v) is 7.91. The van der Waals surface area contributed by atoms with Crippen molar-refractivity contribution in [2.45, 2.75) is 32.1 Å². The highest BCUT2D eigenvalue weighted by molar-refractivity contribution is 5.94. The summed E-state index contributed by atoms with van der Waals surface area (Å²) in [6.07, 6.45) is 6.96. The first kappa shape index (κ1) is 24.4. The van der Waals surface area contributed by atoms with Gasteiger partial charge in [-0.15, -0.1) is 0 Å². The summed E-state index contributed by atoms with van der Waals surface area (Å²) in [5.41, 5.74) is 0.893.